The van der Waals surface area contributed by atoms with Crippen LogP contribution in [0.15, 0.2) is 47.4 Å². The SMILES string of the molecule is O=S(Cc1cccc(Cl)c1F)c1ccccc1F. The highest BCUT2D eigenvalue weighted by atomic mass is 35.5. The molecule has 0 spiro atoms. The molecule has 5 heteroatoms. The molecule has 0 aliphatic carbocycles. The lowest BCUT2D eigenvalue weighted by Crippen LogP contribution is -2.01. The summed E-state index contributed by atoms with van der Waals surface area (Å²) >= 11 is 5.63. The van der Waals surface area contributed by atoms with Crippen LogP contribution in [-0.4, -0.2) is 4.21 Å². The van der Waals surface area contributed by atoms with Crippen LogP contribution in [-0.2, 0) is 16.6 Å². The average Bonchev–Trinajstić information content (AvgIpc) is 2.35. The second kappa shape index (κ2) is 5.59. The predicted octanol–water partition coefficient (Wildman–Crippen LogP) is 3.93. The highest BCUT2D eigenvalue weighted by Crippen LogP contribution is 2.21. The number of rotatable bonds is 3. The molecule has 2 aromatic carbocycles. The molecule has 1 atom stereocenters. The van der Waals surface area contributed by atoms with Gasteiger partial charge in [-0.05, 0) is 18.2 Å². The molecule has 0 heterocycles. The van der Waals surface area contributed by atoms with E-state index in [0.717, 1.165) is 0 Å². The summed E-state index contributed by atoms with van der Waals surface area (Å²) < 4.78 is 39.0. The van der Waals surface area contributed by atoms with Crippen LogP contribution in [0.1, 0.15) is 5.56 Å². The molecule has 2 aromatic rings. The Bertz CT molecular complexity index is 601. The van der Waals surface area contributed by atoms with E-state index in [-0.39, 0.29) is 21.2 Å². The van der Waals surface area contributed by atoms with Gasteiger partial charge in [-0.1, -0.05) is 35.9 Å². The van der Waals surface area contributed by atoms with E-state index in [4.69, 9.17) is 11.6 Å². The molecule has 0 bridgehead atoms. The molecule has 0 saturated heterocycles. The highest BCUT2D eigenvalue weighted by molar-refractivity contribution is 7.84. The Kier molecular flexibility index (Phi) is 4.09. The minimum absolute atomic E-state index is 0.0296. The van der Waals surface area contributed by atoms with Crippen molar-refractivity contribution in [1.82, 2.24) is 0 Å². The van der Waals surface area contributed by atoms with E-state index in [1.54, 1.807) is 12.1 Å². The van der Waals surface area contributed by atoms with Crippen molar-refractivity contribution in [3.05, 3.63) is 64.7 Å². The van der Waals surface area contributed by atoms with E-state index in [1.807, 2.05) is 0 Å². The van der Waals surface area contributed by atoms with Crippen molar-refractivity contribution in [2.45, 2.75) is 10.6 Å². The van der Waals surface area contributed by atoms with Crippen LogP contribution >= 0.6 is 11.6 Å². The Morgan fingerprint density at radius 3 is 2.50 bits per heavy atom. The molecule has 2 rings (SSSR count). The molecule has 1 unspecified atom stereocenters. The average molecular weight is 287 g/mol. The summed E-state index contributed by atoms with van der Waals surface area (Å²) in [6.45, 7) is 0. The van der Waals surface area contributed by atoms with Crippen LogP contribution in [0.3, 0.4) is 0 Å². The fourth-order valence-electron chi connectivity index (χ4n) is 1.51. The second-order valence-electron chi connectivity index (χ2n) is 3.63. The van der Waals surface area contributed by atoms with E-state index >= 15 is 0 Å². The first-order valence-corrected chi connectivity index (χ1v) is 6.85. The van der Waals surface area contributed by atoms with Gasteiger partial charge in [0, 0.05) is 5.56 Å². The van der Waals surface area contributed by atoms with Crippen molar-refractivity contribution in [3.8, 4) is 0 Å². The van der Waals surface area contributed by atoms with Crippen molar-refractivity contribution < 1.29 is 13.0 Å². The molecule has 0 aliphatic rings. The number of hydrogen-bond acceptors (Lipinski definition) is 1. The molecule has 1 nitrogen and oxygen atoms in total. The van der Waals surface area contributed by atoms with E-state index < -0.39 is 22.4 Å². The zero-order chi connectivity index (χ0) is 13.1. The van der Waals surface area contributed by atoms with Crippen molar-refractivity contribution in [3.63, 3.8) is 0 Å². The van der Waals surface area contributed by atoms with Crippen LogP contribution in [0, 0.1) is 11.6 Å². The quantitative estimate of drug-likeness (QED) is 0.836. The first-order chi connectivity index (χ1) is 8.59. The van der Waals surface area contributed by atoms with Crippen LogP contribution in [0.5, 0.6) is 0 Å². The van der Waals surface area contributed by atoms with Gasteiger partial charge >= 0.3 is 0 Å². The summed E-state index contributed by atoms with van der Waals surface area (Å²) in [5.74, 6) is -1.27. The summed E-state index contributed by atoms with van der Waals surface area (Å²) in [4.78, 5) is 0.0666. The Labute approximate surface area is 111 Å². The molecular weight excluding hydrogens is 278 g/mol. The van der Waals surface area contributed by atoms with Gasteiger partial charge in [0.2, 0.25) is 0 Å². The topological polar surface area (TPSA) is 17.1 Å². The zero-order valence-corrected chi connectivity index (χ0v) is 10.8. The molecule has 0 radical (unpaired) electrons. The van der Waals surface area contributed by atoms with Crippen molar-refractivity contribution in [2.24, 2.45) is 0 Å². The van der Waals surface area contributed by atoms with Crippen LogP contribution < -0.4 is 0 Å². The molecule has 18 heavy (non-hydrogen) atoms. The third-order valence-corrected chi connectivity index (χ3v) is 4.09. The number of hydrogen-bond donors (Lipinski definition) is 0. The summed E-state index contributed by atoms with van der Waals surface area (Å²) in [6.07, 6.45) is 0. The standard InChI is InChI=1S/C13H9ClF2OS/c14-10-5-3-4-9(13(10)16)8-18(17)12-7-2-1-6-11(12)15/h1-7H,8H2. The van der Waals surface area contributed by atoms with Gasteiger partial charge in [0.25, 0.3) is 0 Å². The number of halogens is 3. The van der Waals surface area contributed by atoms with Crippen molar-refractivity contribution in [1.29, 1.82) is 0 Å². The van der Waals surface area contributed by atoms with Gasteiger partial charge in [0.15, 0.2) is 0 Å². The first-order valence-electron chi connectivity index (χ1n) is 5.15. The maximum absolute atomic E-state index is 13.6. The minimum Gasteiger partial charge on any atom is -0.254 e. The van der Waals surface area contributed by atoms with Crippen molar-refractivity contribution >= 4 is 22.4 Å². The molecule has 0 N–H and O–H groups in total. The molecule has 0 amide bonds. The third kappa shape index (κ3) is 2.76. The molecule has 0 fully saturated rings. The Balaban J connectivity index is 2.27. The first kappa shape index (κ1) is 13.2. The summed E-state index contributed by atoms with van der Waals surface area (Å²) in [5.41, 5.74) is 0.212. The third-order valence-electron chi connectivity index (χ3n) is 2.40. The maximum atomic E-state index is 13.6. The van der Waals surface area contributed by atoms with Gasteiger partial charge in [-0.3, -0.25) is 4.21 Å². The summed E-state index contributed by atoms with van der Waals surface area (Å²) in [7, 11) is -1.64. The largest absolute Gasteiger partial charge is 0.254 e. The second-order valence-corrected chi connectivity index (χ2v) is 5.46. The lowest BCUT2D eigenvalue weighted by Gasteiger charge is -2.05. The minimum atomic E-state index is -1.64. The Morgan fingerprint density at radius 2 is 1.78 bits per heavy atom. The molecule has 0 aromatic heterocycles. The van der Waals surface area contributed by atoms with E-state index in [0.29, 0.717) is 0 Å². The van der Waals surface area contributed by atoms with E-state index in [9.17, 15) is 13.0 Å². The van der Waals surface area contributed by atoms with Gasteiger partial charge in [-0.2, -0.15) is 0 Å². The summed E-state index contributed by atoms with van der Waals surface area (Å²) in [6, 6.07) is 10.2. The van der Waals surface area contributed by atoms with Gasteiger partial charge in [-0.15, -0.1) is 0 Å². The van der Waals surface area contributed by atoms with Gasteiger partial charge < -0.3 is 0 Å². The van der Waals surface area contributed by atoms with E-state index in [1.165, 1.54) is 30.3 Å². The van der Waals surface area contributed by atoms with Crippen LogP contribution in [0.25, 0.3) is 0 Å². The lowest BCUT2D eigenvalue weighted by molar-refractivity contribution is 0.593. The van der Waals surface area contributed by atoms with Crippen molar-refractivity contribution in [2.75, 3.05) is 0 Å². The van der Waals surface area contributed by atoms with Gasteiger partial charge in [0.1, 0.15) is 11.6 Å². The Morgan fingerprint density at radius 1 is 1.06 bits per heavy atom. The molecule has 0 saturated carbocycles. The zero-order valence-electron chi connectivity index (χ0n) is 9.20. The fourth-order valence-corrected chi connectivity index (χ4v) is 2.88. The molecule has 0 aliphatic heterocycles. The lowest BCUT2D eigenvalue weighted by atomic mass is 10.2. The highest BCUT2D eigenvalue weighted by Gasteiger charge is 2.13. The van der Waals surface area contributed by atoms with Crippen LogP contribution in [0.2, 0.25) is 5.02 Å². The van der Waals surface area contributed by atoms with Crippen LogP contribution in [0.4, 0.5) is 8.78 Å². The Hall–Kier alpha value is -1.26. The molecular formula is C13H9ClF2OS. The van der Waals surface area contributed by atoms with Gasteiger partial charge in [0.05, 0.1) is 26.5 Å². The predicted molar refractivity (Wildman–Crippen MR) is 67.9 cm³/mol. The monoisotopic (exact) mass is 286 g/mol. The summed E-state index contributed by atoms with van der Waals surface area (Å²) in [5, 5.41) is -0.0296. The molecule has 94 valence electrons. The number of benzene rings is 2. The van der Waals surface area contributed by atoms with Gasteiger partial charge in [-0.25, -0.2) is 8.78 Å². The fraction of sp³-hybridized carbons (Fsp3) is 0.0769. The van der Waals surface area contributed by atoms with E-state index in [2.05, 4.69) is 0 Å². The normalized spacial score (nSPS) is 12.4. The smallest absolute Gasteiger partial charge is 0.145 e. The maximum Gasteiger partial charge on any atom is 0.145 e.